The molecule has 1 aromatic heterocycles. The van der Waals surface area contributed by atoms with E-state index in [1.807, 2.05) is 6.07 Å². The van der Waals surface area contributed by atoms with E-state index in [2.05, 4.69) is 27.2 Å². The molecule has 0 aliphatic rings. The number of H-pyrrole nitrogens is 1. The van der Waals surface area contributed by atoms with Crippen LogP contribution in [-0.2, 0) is 23.1 Å². The average Bonchev–Trinajstić information content (AvgIpc) is 2.99. The average molecular weight is 308 g/mol. The van der Waals surface area contributed by atoms with Crippen LogP contribution in [0.3, 0.4) is 0 Å². The Kier molecular flexibility index (Phi) is 5.49. The fourth-order valence-electron chi connectivity index (χ4n) is 1.87. The summed E-state index contributed by atoms with van der Waals surface area (Å²) in [5, 5.41) is 9.69. The molecule has 0 saturated carbocycles. The lowest BCUT2D eigenvalue weighted by atomic mass is 10.2. The molecule has 0 radical (unpaired) electrons. The third-order valence-corrected chi connectivity index (χ3v) is 4.38. The molecule has 0 unspecified atom stereocenters. The van der Waals surface area contributed by atoms with Crippen molar-refractivity contribution < 1.29 is 8.42 Å². The molecule has 6 nitrogen and oxygen atoms in total. The molecule has 0 amide bonds. The first-order valence-corrected chi connectivity index (χ1v) is 8.37. The Morgan fingerprint density at radius 3 is 2.81 bits per heavy atom. The second kappa shape index (κ2) is 7.35. The van der Waals surface area contributed by atoms with Crippen molar-refractivity contribution in [3.05, 3.63) is 47.8 Å². The van der Waals surface area contributed by atoms with Gasteiger partial charge in [0.25, 0.3) is 0 Å². The third-order valence-electron chi connectivity index (χ3n) is 2.99. The lowest BCUT2D eigenvalue weighted by Crippen LogP contribution is -2.23. The molecule has 0 saturated heterocycles. The summed E-state index contributed by atoms with van der Waals surface area (Å²) in [7, 11) is -3.51. The van der Waals surface area contributed by atoms with Crippen molar-refractivity contribution in [3.63, 3.8) is 0 Å². The summed E-state index contributed by atoms with van der Waals surface area (Å²) in [6.07, 6.45) is 4.30. The summed E-state index contributed by atoms with van der Waals surface area (Å²) in [5.41, 5.74) is 1.74. The second-order valence-electron chi connectivity index (χ2n) is 4.76. The van der Waals surface area contributed by atoms with Gasteiger partial charge in [-0.25, -0.2) is 13.1 Å². The molecular formula is C14H20N4O2S. The molecule has 0 spiro atoms. The van der Waals surface area contributed by atoms with Gasteiger partial charge in [0.15, 0.2) is 0 Å². The molecule has 3 N–H and O–H groups in total. The predicted molar refractivity (Wildman–Crippen MR) is 81.1 cm³/mol. The Morgan fingerprint density at radius 1 is 1.24 bits per heavy atom. The number of hydrogen-bond acceptors (Lipinski definition) is 4. The SMILES string of the molecule is CCCNCc1cccc(S(=O)(=O)NCc2cn[nH]c2)c1. The summed E-state index contributed by atoms with van der Waals surface area (Å²) in [5.74, 6) is 0. The number of sulfonamides is 1. The Balaban J connectivity index is 2.03. The highest BCUT2D eigenvalue weighted by Gasteiger charge is 2.14. The van der Waals surface area contributed by atoms with Gasteiger partial charge in [-0.2, -0.15) is 5.10 Å². The molecule has 1 aromatic carbocycles. The smallest absolute Gasteiger partial charge is 0.240 e. The molecule has 2 aromatic rings. The van der Waals surface area contributed by atoms with Gasteiger partial charge in [0.2, 0.25) is 10.0 Å². The van der Waals surface area contributed by atoms with Crippen molar-refractivity contribution in [2.45, 2.75) is 31.3 Å². The van der Waals surface area contributed by atoms with Crippen LogP contribution in [0.5, 0.6) is 0 Å². The van der Waals surface area contributed by atoms with Crippen LogP contribution in [0, 0.1) is 0 Å². The fraction of sp³-hybridized carbons (Fsp3) is 0.357. The third kappa shape index (κ3) is 4.66. The first-order valence-electron chi connectivity index (χ1n) is 6.89. The van der Waals surface area contributed by atoms with Crippen LogP contribution in [-0.4, -0.2) is 25.2 Å². The van der Waals surface area contributed by atoms with Crippen LogP contribution in [0.4, 0.5) is 0 Å². The highest BCUT2D eigenvalue weighted by Crippen LogP contribution is 2.12. The van der Waals surface area contributed by atoms with Gasteiger partial charge in [-0.15, -0.1) is 0 Å². The van der Waals surface area contributed by atoms with Gasteiger partial charge >= 0.3 is 0 Å². The van der Waals surface area contributed by atoms with E-state index in [4.69, 9.17) is 0 Å². The van der Waals surface area contributed by atoms with Crippen molar-refractivity contribution in [1.29, 1.82) is 0 Å². The number of nitrogens with zero attached hydrogens (tertiary/aromatic N) is 1. The molecule has 114 valence electrons. The van der Waals surface area contributed by atoms with E-state index in [1.165, 1.54) is 0 Å². The maximum Gasteiger partial charge on any atom is 0.240 e. The highest BCUT2D eigenvalue weighted by molar-refractivity contribution is 7.89. The molecule has 21 heavy (non-hydrogen) atoms. The minimum atomic E-state index is -3.51. The summed E-state index contributed by atoms with van der Waals surface area (Å²) in [6, 6.07) is 6.97. The van der Waals surface area contributed by atoms with Crippen molar-refractivity contribution >= 4 is 10.0 Å². The lowest BCUT2D eigenvalue weighted by molar-refractivity contribution is 0.581. The van der Waals surface area contributed by atoms with Crippen molar-refractivity contribution in [1.82, 2.24) is 20.2 Å². The van der Waals surface area contributed by atoms with E-state index in [0.717, 1.165) is 24.1 Å². The molecule has 0 atom stereocenters. The van der Waals surface area contributed by atoms with E-state index < -0.39 is 10.0 Å². The maximum absolute atomic E-state index is 12.2. The number of nitrogens with one attached hydrogen (secondary N) is 3. The van der Waals surface area contributed by atoms with Crippen LogP contribution in [0.1, 0.15) is 24.5 Å². The fourth-order valence-corrected chi connectivity index (χ4v) is 2.96. The standard InChI is InChI=1S/C14H20N4O2S/c1-2-6-15-8-12-4-3-5-14(7-12)21(19,20)18-11-13-9-16-17-10-13/h3-5,7,9-10,15,18H,2,6,8,11H2,1H3,(H,16,17). The topological polar surface area (TPSA) is 86.9 Å². The van der Waals surface area contributed by atoms with Gasteiger partial charge in [0.1, 0.15) is 0 Å². The Hall–Kier alpha value is -1.70. The van der Waals surface area contributed by atoms with Crippen molar-refractivity contribution in [2.75, 3.05) is 6.54 Å². The van der Waals surface area contributed by atoms with E-state index in [0.29, 0.717) is 6.54 Å². The highest BCUT2D eigenvalue weighted by atomic mass is 32.2. The molecule has 1 heterocycles. The van der Waals surface area contributed by atoms with Crippen molar-refractivity contribution in [3.8, 4) is 0 Å². The minimum Gasteiger partial charge on any atom is -0.313 e. The van der Waals surface area contributed by atoms with E-state index in [-0.39, 0.29) is 11.4 Å². The molecule has 2 rings (SSSR count). The normalized spacial score (nSPS) is 11.7. The second-order valence-corrected chi connectivity index (χ2v) is 6.52. The Labute approximate surface area is 125 Å². The first-order chi connectivity index (χ1) is 10.1. The van der Waals surface area contributed by atoms with Crippen LogP contribution in [0.15, 0.2) is 41.6 Å². The Bertz CT molecular complexity index is 653. The van der Waals surface area contributed by atoms with Gasteiger partial charge in [-0.3, -0.25) is 5.10 Å². The molecule has 0 aliphatic carbocycles. The molecule has 0 bridgehead atoms. The summed E-state index contributed by atoms with van der Waals surface area (Å²) < 4.78 is 27.1. The van der Waals surface area contributed by atoms with Gasteiger partial charge < -0.3 is 5.32 Å². The van der Waals surface area contributed by atoms with Crippen LogP contribution in [0.2, 0.25) is 0 Å². The minimum absolute atomic E-state index is 0.219. The zero-order valence-electron chi connectivity index (χ0n) is 12.0. The number of benzene rings is 1. The molecular weight excluding hydrogens is 288 g/mol. The lowest BCUT2D eigenvalue weighted by Gasteiger charge is -2.08. The largest absolute Gasteiger partial charge is 0.313 e. The van der Waals surface area contributed by atoms with E-state index >= 15 is 0 Å². The van der Waals surface area contributed by atoms with E-state index in [1.54, 1.807) is 30.6 Å². The summed E-state index contributed by atoms with van der Waals surface area (Å²) in [6.45, 7) is 3.89. The molecule has 7 heteroatoms. The van der Waals surface area contributed by atoms with Gasteiger partial charge in [0.05, 0.1) is 11.1 Å². The van der Waals surface area contributed by atoms with Crippen molar-refractivity contribution in [2.24, 2.45) is 0 Å². The number of hydrogen-bond donors (Lipinski definition) is 3. The number of aromatic nitrogens is 2. The maximum atomic E-state index is 12.2. The molecule has 0 aliphatic heterocycles. The van der Waals surface area contributed by atoms with Gasteiger partial charge in [-0.05, 0) is 30.7 Å². The molecule has 0 fully saturated rings. The zero-order chi connectivity index (χ0) is 15.1. The van der Waals surface area contributed by atoms with Gasteiger partial charge in [0, 0.05) is 24.8 Å². The monoisotopic (exact) mass is 308 g/mol. The van der Waals surface area contributed by atoms with E-state index in [9.17, 15) is 8.42 Å². The zero-order valence-corrected chi connectivity index (χ0v) is 12.8. The quantitative estimate of drug-likeness (QED) is 0.643. The first kappa shape index (κ1) is 15.7. The van der Waals surface area contributed by atoms with Crippen LogP contribution in [0.25, 0.3) is 0 Å². The summed E-state index contributed by atoms with van der Waals surface area (Å²) in [4.78, 5) is 0.279. The number of aromatic amines is 1. The van der Waals surface area contributed by atoms with Crippen LogP contribution >= 0.6 is 0 Å². The van der Waals surface area contributed by atoms with Gasteiger partial charge in [-0.1, -0.05) is 19.1 Å². The number of rotatable bonds is 8. The Morgan fingerprint density at radius 2 is 2.10 bits per heavy atom. The predicted octanol–water partition coefficient (Wildman–Crippen LogP) is 1.39. The summed E-state index contributed by atoms with van der Waals surface area (Å²) >= 11 is 0. The van der Waals surface area contributed by atoms with Crippen LogP contribution < -0.4 is 10.0 Å².